The lowest BCUT2D eigenvalue weighted by atomic mass is 10.1. The Labute approximate surface area is 70.0 Å². The van der Waals surface area contributed by atoms with Crippen LogP contribution < -0.4 is 0 Å². The molecule has 0 saturated carbocycles. The molecule has 0 aliphatic carbocycles. The Bertz CT molecular complexity index is 120. The van der Waals surface area contributed by atoms with Crippen LogP contribution in [0, 0.1) is 0 Å². The third-order valence-electron chi connectivity index (χ3n) is 1.49. The summed E-state index contributed by atoms with van der Waals surface area (Å²) in [6.07, 6.45) is -0.648. The van der Waals surface area contributed by atoms with Crippen LogP contribution in [-0.4, -0.2) is 12.5 Å². The van der Waals surface area contributed by atoms with Gasteiger partial charge < -0.3 is 0 Å². The number of halogens is 3. The highest BCUT2D eigenvalue weighted by atomic mass is 19.4. The van der Waals surface area contributed by atoms with Crippen LogP contribution in [0.1, 0.15) is 38.5 Å². The van der Waals surface area contributed by atoms with E-state index >= 15 is 0 Å². The molecule has 0 aromatic carbocycles. The van der Waals surface area contributed by atoms with Crippen LogP contribution in [0.4, 0.5) is 13.2 Å². The highest BCUT2D eigenvalue weighted by Crippen LogP contribution is 2.22. The van der Waals surface area contributed by atoms with E-state index in [-0.39, 0.29) is 6.42 Å². The van der Waals surface area contributed by atoms with Crippen molar-refractivity contribution in [2.75, 3.05) is 0 Å². The van der Waals surface area contributed by atoms with Gasteiger partial charge in [-0.2, -0.15) is 13.2 Å². The topological polar surface area (TPSA) is 17.1 Å². The molecule has 0 saturated heterocycles. The Kier molecular flexibility index (Phi) is 5.76. The number of rotatable bonds is 6. The van der Waals surface area contributed by atoms with Crippen molar-refractivity contribution in [1.29, 1.82) is 0 Å². The summed E-state index contributed by atoms with van der Waals surface area (Å²) in [6, 6.07) is 0. The zero-order valence-electron chi connectivity index (χ0n) is 6.78. The molecule has 0 bridgehead atoms. The first kappa shape index (κ1) is 11.5. The molecule has 1 radical (unpaired) electrons. The van der Waals surface area contributed by atoms with E-state index in [0.29, 0.717) is 25.7 Å². The fraction of sp³-hybridized carbons (Fsp3) is 0.875. The molecule has 0 heterocycles. The van der Waals surface area contributed by atoms with Gasteiger partial charge in [0.1, 0.15) is 0 Å². The van der Waals surface area contributed by atoms with Gasteiger partial charge in [-0.1, -0.05) is 12.8 Å². The molecule has 0 amide bonds. The predicted molar refractivity (Wildman–Crippen MR) is 39.5 cm³/mol. The molecule has 0 aliphatic rings. The quantitative estimate of drug-likeness (QED) is 0.575. The van der Waals surface area contributed by atoms with Crippen LogP contribution in [0.25, 0.3) is 0 Å². The van der Waals surface area contributed by atoms with Gasteiger partial charge in [0.15, 0.2) is 6.29 Å². The minimum atomic E-state index is -4.03. The lowest BCUT2D eigenvalue weighted by molar-refractivity contribution is -0.135. The summed E-state index contributed by atoms with van der Waals surface area (Å²) in [5.41, 5.74) is 0. The van der Waals surface area contributed by atoms with E-state index in [2.05, 4.69) is 0 Å². The molecule has 0 aromatic heterocycles. The van der Waals surface area contributed by atoms with Gasteiger partial charge in [-0.25, -0.2) is 0 Å². The fourth-order valence-electron chi connectivity index (χ4n) is 0.876. The molecular formula is C8H12F3O. The number of alkyl halides is 3. The van der Waals surface area contributed by atoms with Gasteiger partial charge in [-0.05, 0) is 12.8 Å². The van der Waals surface area contributed by atoms with Gasteiger partial charge in [0, 0.05) is 12.8 Å². The third kappa shape index (κ3) is 9.46. The molecule has 0 fully saturated rings. The number of unbranched alkanes of at least 4 members (excludes halogenated alkanes) is 4. The number of hydrogen-bond acceptors (Lipinski definition) is 1. The van der Waals surface area contributed by atoms with Gasteiger partial charge in [0.05, 0.1) is 0 Å². The standard InChI is InChI=1S/C8H12F3O/c9-8(10,11)6-4-2-1-3-5-7-12/h1-6H2. The maximum absolute atomic E-state index is 11.6. The fourth-order valence-corrected chi connectivity index (χ4v) is 0.876. The Morgan fingerprint density at radius 3 is 2.08 bits per heavy atom. The second-order valence-electron chi connectivity index (χ2n) is 2.67. The Balaban J connectivity index is 3.06. The second kappa shape index (κ2) is 6.03. The molecule has 12 heavy (non-hydrogen) atoms. The van der Waals surface area contributed by atoms with Crippen molar-refractivity contribution < 1.29 is 18.0 Å². The molecule has 71 valence electrons. The summed E-state index contributed by atoms with van der Waals surface area (Å²) >= 11 is 0. The van der Waals surface area contributed by atoms with E-state index in [1.54, 1.807) is 6.29 Å². The SMILES string of the molecule is O=[C]CCCCCCC(F)(F)F. The van der Waals surface area contributed by atoms with Gasteiger partial charge >= 0.3 is 6.18 Å². The van der Waals surface area contributed by atoms with E-state index in [9.17, 15) is 18.0 Å². The number of carbonyl (C=O) groups excluding carboxylic acids is 1. The van der Waals surface area contributed by atoms with Crippen molar-refractivity contribution in [3.63, 3.8) is 0 Å². The minimum absolute atomic E-state index is 0.169. The molecule has 0 unspecified atom stereocenters. The van der Waals surface area contributed by atoms with Gasteiger partial charge in [-0.3, -0.25) is 4.79 Å². The maximum Gasteiger partial charge on any atom is 0.389 e. The van der Waals surface area contributed by atoms with Crippen LogP contribution in [0.3, 0.4) is 0 Å². The Morgan fingerprint density at radius 1 is 1.00 bits per heavy atom. The molecule has 0 aromatic rings. The lowest BCUT2D eigenvalue weighted by Crippen LogP contribution is -2.06. The van der Waals surface area contributed by atoms with E-state index in [0.717, 1.165) is 0 Å². The zero-order valence-corrected chi connectivity index (χ0v) is 6.78. The summed E-state index contributed by atoms with van der Waals surface area (Å²) in [4.78, 5) is 9.69. The zero-order chi connectivity index (χ0) is 9.45. The van der Waals surface area contributed by atoms with E-state index in [4.69, 9.17) is 0 Å². The van der Waals surface area contributed by atoms with Crippen molar-refractivity contribution in [1.82, 2.24) is 0 Å². The van der Waals surface area contributed by atoms with Gasteiger partial charge in [0.2, 0.25) is 0 Å². The van der Waals surface area contributed by atoms with E-state index in [1.165, 1.54) is 0 Å². The summed E-state index contributed by atoms with van der Waals surface area (Å²) in [7, 11) is 0. The maximum atomic E-state index is 11.6. The first-order chi connectivity index (χ1) is 5.56. The molecule has 1 nitrogen and oxygen atoms in total. The van der Waals surface area contributed by atoms with Crippen molar-refractivity contribution in [2.24, 2.45) is 0 Å². The lowest BCUT2D eigenvalue weighted by Gasteiger charge is -2.04. The van der Waals surface area contributed by atoms with Crippen LogP contribution in [0.15, 0.2) is 0 Å². The van der Waals surface area contributed by atoms with Crippen LogP contribution in [0.5, 0.6) is 0 Å². The first-order valence-electron chi connectivity index (χ1n) is 3.98. The van der Waals surface area contributed by atoms with Crippen LogP contribution >= 0.6 is 0 Å². The van der Waals surface area contributed by atoms with Crippen molar-refractivity contribution >= 4 is 6.29 Å². The third-order valence-corrected chi connectivity index (χ3v) is 1.49. The monoisotopic (exact) mass is 181 g/mol. The van der Waals surface area contributed by atoms with Crippen LogP contribution in [0.2, 0.25) is 0 Å². The highest BCUT2D eigenvalue weighted by molar-refractivity contribution is 5.50. The molecule has 0 spiro atoms. The second-order valence-corrected chi connectivity index (χ2v) is 2.67. The predicted octanol–water partition coefficient (Wildman–Crippen LogP) is 3.00. The highest BCUT2D eigenvalue weighted by Gasteiger charge is 2.25. The molecule has 0 N–H and O–H groups in total. The minimum Gasteiger partial charge on any atom is -0.291 e. The van der Waals surface area contributed by atoms with Crippen molar-refractivity contribution in [3.8, 4) is 0 Å². The van der Waals surface area contributed by atoms with Gasteiger partial charge in [-0.15, -0.1) is 0 Å². The van der Waals surface area contributed by atoms with Gasteiger partial charge in [0.25, 0.3) is 0 Å². The van der Waals surface area contributed by atoms with E-state index < -0.39 is 12.6 Å². The van der Waals surface area contributed by atoms with Crippen molar-refractivity contribution in [3.05, 3.63) is 0 Å². The van der Waals surface area contributed by atoms with Crippen LogP contribution in [-0.2, 0) is 4.79 Å². The number of hydrogen-bond donors (Lipinski definition) is 0. The molecule has 0 aliphatic heterocycles. The summed E-state index contributed by atoms with van der Waals surface area (Å²) < 4.78 is 34.7. The van der Waals surface area contributed by atoms with E-state index in [1.807, 2.05) is 0 Å². The van der Waals surface area contributed by atoms with Crippen molar-refractivity contribution in [2.45, 2.75) is 44.7 Å². The average Bonchev–Trinajstić information content (AvgIpc) is 1.94. The molecule has 0 rings (SSSR count). The first-order valence-corrected chi connectivity index (χ1v) is 3.98. The largest absolute Gasteiger partial charge is 0.389 e. The summed E-state index contributed by atoms with van der Waals surface area (Å²) in [5.74, 6) is 0. The molecule has 4 heteroatoms. The normalized spacial score (nSPS) is 11.6. The molecule has 0 atom stereocenters. The molecular weight excluding hydrogens is 169 g/mol. The smallest absolute Gasteiger partial charge is 0.291 e. The average molecular weight is 181 g/mol. The summed E-state index contributed by atoms with van der Waals surface area (Å²) in [6.45, 7) is 0. The summed E-state index contributed by atoms with van der Waals surface area (Å²) in [5, 5.41) is 0. The Hall–Kier alpha value is -0.540. The Morgan fingerprint density at radius 2 is 1.58 bits per heavy atom.